The monoisotopic (exact) mass is 384 g/mol. The Morgan fingerprint density at radius 3 is 2.89 bits per heavy atom. The third-order valence-electron chi connectivity index (χ3n) is 4.98. The summed E-state index contributed by atoms with van der Waals surface area (Å²) < 4.78 is 5.78. The summed E-state index contributed by atoms with van der Waals surface area (Å²) in [5.74, 6) is 1.33. The molecule has 3 rings (SSSR count). The smallest absolute Gasteiger partial charge is 0.224 e. The molecule has 2 aromatic rings. The number of benzene rings is 1. The van der Waals surface area contributed by atoms with Gasteiger partial charge in [0.15, 0.2) is 11.7 Å². The molecule has 1 aromatic heterocycles. The summed E-state index contributed by atoms with van der Waals surface area (Å²) >= 11 is 0. The van der Waals surface area contributed by atoms with Crippen LogP contribution >= 0.6 is 0 Å². The van der Waals surface area contributed by atoms with Crippen molar-refractivity contribution in [3.05, 3.63) is 42.4 Å². The minimum Gasteiger partial charge on any atom is -0.441 e. The molecule has 1 saturated heterocycles. The van der Waals surface area contributed by atoms with Gasteiger partial charge in [0.2, 0.25) is 11.8 Å². The number of hydrogen-bond donors (Lipinski definition) is 2. The first kappa shape index (κ1) is 20.1. The zero-order valence-electron chi connectivity index (χ0n) is 16.1. The lowest BCUT2D eigenvalue weighted by Crippen LogP contribution is -2.46. The van der Waals surface area contributed by atoms with Crippen LogP contribution in [0.1, 0.15) is 31.6 Å². The molecule has 1 aliphatic heterocycles. The summed E-state index contributed by atoms with van der Waals surface area (Å²) in [7, 11) is 0. The second kappa shape index (κ2) is 10.0. The molecule has 0 spiro atoms. The first-order valence-electron chi connectivity index (χ1n) is 9.93. The third kappa shape index (κ3) is 5.42. The van der Waals surface area contributed by atoms with E-state index in [1.54, 1.807) is 11.1 Å². The fourth-order valence-corrected chi connectivity index (χ4v) is 3.47. The van der Waals surface area contributed by atoms with Crippen LogP contribution in [0.2, 0.25) is 0 Å². The number of amides is 2. The molecule has 2 heterocycles. The Morgan fingerprint density at radius 1 is 1.29 bits per heavy atom. The van der Waals surface area contributed by atoms with Crippen molar-refractivity contribution in [3.63, 3.8) is 0 Å². The summed E-state index contributed by atoms with van der Waals surface area (Å²) in [5, 5.41) is 2.82. The second-order valence-corrected chi connectivity index (χ2v) is 7.10. The van der Waals surface area contributed by atoms with Crippen LogP contribution in [0.25, 0.3) is 11.3 Å². The molecular weight excluding hydrogens is 356 g/mol. The molecule has 3 N–H and O–H groups in total. The maximum Gasteiger partial charge on any atom is 0.224 e. The maximum absolute atomic E-state index is 12.5. The minimum absolute atomic E-state index is 0.00354. The molecule has 1 unspecified atom stereocenters. The van der Waals surface area contributed by atoms with Gasteiger partial charge in [0.25, 0.3) is 0 Å². The normalized spacial score (nSPS) is 16.8. The molecular formula is C21H28N4O3. The van der Waals surface area contributed by atoms with Gasteiger partial charge in [0, 0.05) is 44.6 Å². The number of aryl methyl sites for hydroxylation is 1. The van der Waals surface area contributed by atoms with Crippen molar-refractivity contribution in [1.82, 2.24) is 15.2 Å². The molecule has 1 aliphatic rings. The van der Waals surface area contributed by atoms with E-state index in [0.29, 0.717) is 44.8 Å². The van der Waals surface area contributed by atoms with Gasteiger partial charge >= 0.3 is 0 Å². The van der Waals surface area contributed by atoms with Crippen LogP contribution in [0.15, 0.2) is 40.9 Å². The van der Waals surface area contributed by atoms with E-state index < -0.39 is 0 Å². The van der Waals surface area contributed by atoms with Gasteiger partial charge < -0.3 is 20.4 Å². The Morgan fingerprint density at radius 2 is 2.11 bits per heavy atom. The van der Waals surface area contributed by atoms with Crippen molar-refractivity contribution in [2.24, 2.45) is 11.7 Å². The number of nitrogens with two attached hydrogens (primary N) is 1. The Balaban J connectivity index is 1.44. The topological polar surface area (TPSA) is 101 Å². The summed E-state index contributed by atoms with van der Waals surface area (Å²) in [6.45, 7) is 2.11. The van der Waals surface area contributed by atoms with Gasteiger partial charge in [-0.2, -0.15) is 0 Å². The number of oxazole rings is 1. The zero-order valence-corrected chi connectivity index (χ0v) is 16.1. The third-order valence-corrected chi connectivity index (χ3v) is 4.98. The van der Waals surface area contributed by atoms with Crippen molar-refractivity contribution < 1.29 is 14.0 Å². The number of carbonyl (C=O) groups is 2. The van der Waals surface area contributed by atoms with Crippen LogP contribution < -0.4 is 11.1 Å². The average Bonchev–Trinajstić information content (AvgIpc) is 3.21. The summed E-state index contributed by atoms with van der Waals surface area (Å²) in [4.78, 5) is 30.8. The van der Waals surface area contributed by atoms with Gasteiger partial charge in [-0.25, -0.2) is 4.98 Å². The lowest BCUT2D eigenvalue weighted by molar-refractivity contribution is -0.135. The van der Waals surface area contributed by atoms with E-state index >= 15 is 0 Å². The molecule has 0 saturated carbocycles. The number of hydrogen-bond acceptors (Lipinski definition) is 5. The van der Waals surface area contributed by atoms with Crippen LogP contribution in [0.4, 0.5) is 0 Å². The van der Waals surface area contributed by atoms with Gasteiger partial charge in [0.05, 0.1) is 12.1 Å². The lowest BCUT2D eigenvalue weighted by Gasteiger charge is -2.32. The molecule has 0 aliphatic carbocycles. The fourth-order valence-electron chi connectivity index (χ4n) is 3.47. The number of carbonyl (C=O) groups excluding carboxylic acids is 2. The van der Waals surface area contributed by atoms with Crippen molar-refractivity contribution in [2.75, 3.05) is 26.2 Å². The summed E-state index contributed by atoms with van der Waals surface area (Å²) in [6.07, 6.45) is 5.12. The molecule has 150 valence electrons. The van der Waals surface area contributed by atoms with E-state index in [1.807, 2.05) is 30.3 Å². The van der Waals surface area contributed by atoms with Crippen LogP contribution in [-0.4, -0.2) is 47.9 Å². The van der Waals surface area contributed by atoms with Gasteiger partial charge in [-0.3, -0.25) is 9.59 Å². The van der Waals surface area contributed by atoms with E-state index in [2.05, 4.69) is 10.3 Å². The molecule has 0 bridgehead atoms. The Kier molecular flexibility index (Phi) is 7.19. The first-order chi connectivity index (χ1) is 13.7. The van der Waals surface area contributed by atoms with Crippen LogP contribution in [0.3, 0.4) is 0 Å². The van der Waals surface area contributed by atoms with Crippen LogP contribution in [0.5, 0.6) is 0 Å². The highest BCUT2D eigenvalue weighted by atomic mass is 16.4. The number of nitrogens with one attached hydrogen (secondary N) is 1. The first-order valence-corrected chi connectivity index (χ1v) is 9.93. The van der Waals surface area contributed by atoms with Gasteiger partial charge in [-0.1, -0.05) is 30.3 Å². The SMILES string of the molecule is NCCNC(=O)C1CCCN(C(=O)CCCc2ncc(-c3ccccc3)o2)C1. The highest BCUT2D eigenvalue weighted by Crippen LogP contribution is 2.21. The number of rotatable bonds is 8. The summed E-state index contributed by atoms with van der Waals surface area (Å²) in [5.41, 5.74) is 6.42. The Bertz CT molecular complexity index is 775. The molecule has 1 atom stereocenters. The van der Waals surface area contributed by atoms with Crippen LogP contribution in [-0.2, 0) is 16.0 Å². The molecule has 1 aromatic carbocycles. The Labute approximate surface area is 165 Å². The lowest BCUT2D eigenvalue weighted by atomic mass is 9.96. The molecule has 2 amide bonds. The minimum atomic E-state index is -0.135. The van der Waals surface area contributed by atoms with Crippen molar-refractivity contribution in [1.29, 1.82) is 0 Å². The number of aromatic nitrogens is 1. The van der Waals surface area contributed by atoms with E-state index in [0.717, 1.165) is 30.7 Å². The van der Waals surface area contributed by atoms with Gasteiger partial charge in [-0.05, 0) is 19.3 Å². The van der Waals surface area contributed by atoms with Gasteiger partial charge in [0.1, 0.15) is 0 Å². The molecule has 0 radical (unpaired) electrons. The standard InChI is InChI=1S/C21H28N4O3/c22-11-12-23-21(27)17-8-5-13-25(15-17)20(26)10-4-9-19-24-14-18(28-19)16-6-2-1-3-7-16/h1-3,6-7,14,17H,4-5,8-13,15,22H2,(H,23,27). The highest BCUT2D eigenvalue weighted by Gasteiger charge is 2.27. The fraction of sp³-hybridized carbons (Fsp3) is 0.476. The molecule has 7 nitrogen and oxygen atoms in total. The van der Waals surface area contributed by atoms with E-state index in [1.165, 1.54) is 0 Å². The van der Waals surface area contributed by atoms with Crippen molar-refractivity contribution in [2.45, 2.75) is 32.1 Å². The second-order valence-electron chi connectivity index (χ2n) is 7.10. The Hall–Kier alpha value is -2.67. The average molecular weight is 384 g/mol. The van der Waals surface area contributed by atoms with Gasteiger partial charge in [-0.15, -0.1) is 0 Å². The predicted octanol–water partition coefficient (Wildman–Crippen LogP) is 1.98. The molecule has 1 fully saturated rings. The van der Waals surface area contributed by atoms with Crippen LogP contribution in [0, 0.1) is 5.92 Å². The quantitative estimate of drug-likeness (QED) is 0.725. The zero-order chi connectivity index (χ0) is 19.8. The van der Waals surface area contributed by atoms with E-state index in [4.69, 9.17) is 10.2 Å². The maximum atomic E-state index is 12.5. The number of piperidine rings is 1. The number of likely N-dealkylation sites (tertiary alicyclic amines) is 1. The number of nitrogens with zero attached hydrogens (tertiary/aromatic N) is 2. The summed E-state index contributed by atoms with van der Waals surface area (Å²) in [6, 6.07) is 9.82. The molecule has 28 heavy (non-hydrogen) atoms. The van der Waals surface area contributed by atoms with E-state index in [9.17, 15) is 9.59 Å². The largest absolute Gasteiger partial charge is 0.441 e. The highest BCUT2D eigenvalue weighted by molar-refractivity contribution is 5.81. The molecule has 7 heteroatoms. The predicted molar refractivity (Wildman–Crippen MR) is 106 cm³/mol. The van der Waals surface area contributed by atoms with Crippen molar-refractivity contribution >= 4 is 11.8 Å². The van der Waals surface area contributed by atoms with Crippen molar-refractivity contribution in [3.8, 4) is 11.3 Å². The van der Waals surface area contributed by atoms with E-state index in [-0.39, 0.29) is 17.7 Å².